The molecule has 1 amide bonds. The van der Waals surface area contributed by atoms with E-state index in [4.69, 9.17) is 0 Å². The van der Waals surface area contributed by atoms with Crippen LogP contribution in [0.2, 0.25) is 0 Å². The van der Waals surface area contributed by atoms with Crippen molar-refractivity contribution in [3.8, 4) is 10.4 Å². The fraction of sp³-hybridized carbons (Fsp3) is 0.0909. The highest BCUT2D eigenvalue weighted by atomic mass is 32.1. The average molecular weight is 393 g/mol. The summed E-state index contributed by atoms with van der Waals surface area (Å²) in [4.78, 5) is 18.5. The predicted molar refractivity (Wildman–Crippen MR) is 119 cm³/mol. The number of benzene rings is 1. The second-order valence-electron chi connectivity index (χ2n) is 6.13. The first-order valence-corrected chi connectivity index (χ1v) is 9.71. The second-order valence-corrected chi connectivity index (χ2v) is 7.69. The SMILES string of the molecule is C=C/C=C(\S)c1ccc(C)c(-c2ccc(NC(=O)c3ccncc3C)s2)c1. The van der Waals surface area contributed by atoms with Crippen molar-refractivity contribution in [1.29, 1.82) is 0 Å². The molecule has 0 saturated carbocycles. The fourth-order valence-electron chi connectivity index (χ4n) is 2.71. The molecule has 0 atom stereocenters. The van der Waals surface area contributed by atoms with Crippen LogP contribution in [0.5, 0.6) is 0 Å². The highest BCUT2D eigenvalue weighted by molar-refractivity contribution is 7.90. The molecule has 2 aromatic heterocycles. The molecule has 0 aliphatic heterocycles. The first-order chi connectivity index (χ1) is 13.0. The molecule has 0 aliphatic carbocycles. The maximum absolute atomic E-state index is 12.5. The van der Waals surface area contributed by atoms with Crippen LogP contribution >= 0.6 is 24.0 Å². The Morgan fingerprint density at radius 1 is 1.19 bits per heavy atom. The normalized spacial score (nSPS) is 11.3. The molecule has 1 aromatic carbocycles. The number of nitrogens with one attached hydrogen (secondary N) is 1. The number of aromatic nitrogens is 1. The van der Waals surface area contributed by atoms with Crippen LogP contribution in [0, 0.1) is 13.8 Å². The predicted octanol–water partition coefficient (Wildman–Crippen LogP) is 6.14. The van der Waals surface area contributed by atoms with Crippen LogP contribution in [0.3, 0.4) is 0 Å². The Morgan fingerprint density at radius 2 is 2.00 bits per heavy atom. The summed E-state index contributed by atoms with van der Waals surface area (Å²) in [6.45, 7) is 7.67. The lowest BCUT2D eigenvalue weighted by atomic mass is 10.0. The van der Waals surface area contributed by atoms with Gasteiger partial charge in [-0.1, -0.05) is 24.8 Å². The van der Waals surface area contributed by atoms with Crippen molar-refractivity contribution in [1.82, 2.24) is 4.98 Å². The quantitative estimate of drug-likeness (QED) is 0.405. The first kappa shape index (κ1) is 19.1. The van der Waals surface area contributed by atoms with Gasteiger partial charge in [-0.15, -0.1) is 24.0 Å². The number of hydrogen-bond donors (Lipinski definition) is 2. The van der Waals surface area contributed by atoms with Gasteiger partial charge in [0.1, 0.15) is 0 Å². The molecule has 0 fully saturated rings. The Labute approximate surface area is 168 Å². The minimum absolute atomic E-state index is 0.125. The van der Waals surface area contributed by atoms with E-state index in [9.17, 15) is 4.79 Å². The minimum Gasteiger partial charge on any atom is -0.314 e. The van der Waals surface area contributed by atoms with E-state index in [1.807, 2.05) is 31.2 Å². The highest BCUT2D eigenvalue weighted by Gasteiger charge is 2.12. The minimum atomic E-state index is -0.125. The van der Waals surface area contributed by atoms with Gasteiger partial charge in [-0.05, 0) is 66.4 Å². The van der Waals surface area contributed by atoms with E-state index in [2.05, 4.69) is 48.6 Å². The van der Waals surface area contributed by atoms with Crippen LogP contribution in [0.25, 0.3) is 15.3 Å². The van der Waals surface area contributed by atoms with E-state index in [1.165, 1.54) is 5.56 Å². The molecule has 136 valence electrons. The van der Waals surface area contributed by atoms with Crippen LogP contribution in [-0.2, 0) is 0 Å². The second kappa shape index (κ2) is 8.37. The molecule has 0 radical (unpaired) electrons. The van der Waals surface area contributed by atoms with Crippen LogP contribution in [0.15, 0.2) is 67.5 Å². The third-order valence-corrected chi connectivity index (χ3v) is 5.62. The average Bonchev–Trinajstić information content (AvgIpc) is 3.10. The zero-order valence-electron chi connectivity index (χ0n) is 15.2. The zero-order chi connectivity index (χ0) is 19.4. The Morgan fingerprint density at radius 3 is 2.74 bits per heavy atom. The van der Waals surface area contributed by atoms with Crippen molar-refractivity contribution < 1.29 is 4.79 Å². The van der Waals surface area contributed by atoms with Gasteiger partial charge >= 0.3 is 0 Å². The number of nitrogens with zero attached hydrogens (tertiary/aromatic N) is 1. The van der Waals surface area contributed by atoms with Gasteiger partial charge in [-0.25, -0.2) is 0 Å². The summed E-state index contributed by atoms with van der Waals surface area (Å²) in [5, 5.41) is 3.79. The monoisotopic (exact) mass is 392 g/mol. The van der Waals surface area contributed by atoms with Gasteiger partial charge in [0.15, 0.2) is 0 Å². The summed E-state index contributed by atoms with van der Waals surface area (Å²) in [5.41, 5.74) is 4.81. The summed E-state index contributed by atoms with van der Waals surface area (Å²) in [6.07, 6.45) is 6.91. The van der Waals surface area contributed by atoms with Crippen molar-refractivity contribution in [3.05, 3.63) is 89.8 Å². The summed E-state index contributed by atoms with van der Waals surface area (Å²) in [7, 11) is 0. The molecule has 1 N–H and O–H groups in total. The molecule has 0 spiro atoms. The van der Waals surface area contributed by atoms with E-state index >= 15 is 0 Å². The number of allylic oxidation sites excluding steroid dienone is 2. The number of anilines is 1. The van der Waals surface area contributed by atoms with Crippen LogP contribution in [0.1, 0.15) is 27.0 Å². The van der Waals surface area contributed by atoms with E-state index in [0.717, 1.165) is 31.5 Å². The smallest absolute Gasteiger partial charge is 0.256 e. The van der Waals surface area contributed by atoms with Gasteiger partial charge in [-0.2, -0.15) is 0 Å². The van der Waals surface area contributed by atoms with Crippen molar-refractivity contribution in [2.75, 3.05) is 5.32 Å². The molecular formula is C22H20N2OS2. The Kier molecular flexibility index (Phi) is 5.94. The first-order valence-electron chi connectivity index (χ1n) is 8.44. The molecule has 3 aromatic rings. The lowest BCUT2D eigenvalue weighted by Gasteiger charge is -2.08. The Bertz CT molecular complexity index is 1030. The van der Waals surface area contributed by atoms with Gasteiger partial charge in [0, 0.05) is 27.7 Å². The third kappa shape index (κ3) is 4.38. The summed E-state index contributed by atoms with van der Waals surface area (Å²) >= 11 is 6.08. The van der Waals surface area contributed by atoms with Gasteiger partial charge in [-0.3, -0.25) is 9.78 Å². The number of amides is 1. The lowest BCUT2D eigenvalue weighted by molar-refractivity contribution is 0.102. The number of carbonyl (C=O) groups excluding carboxylic acids is 1. The van der Waals surface area contributed by atoms with Gasteiger partial charge < -0.3 is 5.32 Å². The molecule has 0 bridgehead atoms. The van der Waals surface area contributed by atoms with E-state index in [-0.39, 0.29) is 5.91 Å². The zero-order valence-corrected chi connectivity index (χ0v) is 16.9. The highest BCUT2D eigenvalue weighted by Crippen LogP contribution is 2.35. The molecule has 0 unspecified atom stereocenters. The van der Waals surface area contributed by atoms with Gasteiger partial charge in [0.2, 0.25) is 0 Å². The number of thiophene rings is 1. The molecule has 3 rings (SSSR count). The van der Waals surface area contributed by atoms with Crippen LogP contribution < -0.4 is 5.32 Å². The molecule has 3 nitrogen and oxygen atoms in total. The van der Waals surface area contributed by atoms with Crippen molar-refractivity contribution in [2.24, 2.45) is 0 Å². The molecule has 0 saturated heterocycles. The standard InChI is InChI=1S/C22H20N2OS2/c1-4-5-19(26)16-7-6-14(2)18(12-16)20-8-9-21(27-20)24-22(25)17-10-11-23-13-15(17)3/h4-13,26H,1H2,2-3H3,(H,24,25)/b19-5-. The topological polar surface area (TPSA) is 42.0 Å². The van der Waals surface area contributed by atoms with Gasteiger partial charge in [0.25, 0.3) is 5.91 Å². The van der Waals surface area contributed by atoms with Crippen molar-refractivity contribution in [2.45, 2.75) is 13.8 Å². The van der Waals surface area contributed by atoms with Crippen LogP contribution in [-0.4, -0.2) is 10.9 Å². The van der Waals surface area contributed by atoms with Crippen molar-refractivity contribution in [3.63, 3.8) is 0 Å². The maximum atomic E-state index is 12.5. The number of thiol groups is 1. The fourth-order valence-corrected chi connectivity index (χ4v) is 3.94. The van der Waals surface area contributed by atoms with Crippen LogP contribution in [0.4, 0.5) is 5.00 Å². The summed E-state index contributed by atoms with van der Waals surface area (Å²) in [5.74, 6) is -0.125. The molecule has 27 heavy (non-hydrogen) atoms. The Balaban J connectivity index is 1.87. The Hall–Kier alpha value is -2.63. The largest absolute Gasteiger partial charge is 0.314 e. The molecular weight excluding hydrogens is 372 g/mol. The number of hydrogen-bond acceptors (Lipinski definition) is 4. The number of pyridine rings is 1. The maximum Gasteiger partial charge on any atom is 0.256 e. The number of aryl methyl sites for hydroxylation is 2. The number of rotatable bonds is 5. The van der Waals surface area contributed by atoms with E-state index < -0.39 is 0 Å². The summed E-state index contributed by atoms with van der Waals surface area (Å²) in [6, 6.07) is 11.9. The van der Waals surface area contributed by atoms with Crippen molar-refractivity contribution >= 4 is 39.8 Å². The molecule has 0 aliphatic rings. The van der Waals surface area contributed by atoms with Gasteiger partial charge in [0.05, 0.1) is 5.00 Å². The van der Waals surface area contributed by atoms with E-state index in [0.29, 0.717) is 5.56 Å². The van der Waals surface area contributed by atoms with E-state index in [1.54, 1.807) is 35.9 Å². The molecule has 2 heterocycles. The molecule has 5 heteroatoms. The summed E-state index contributed by atoms with van der Waals surface area (Å²) < 4.78 is 0. The number of carbonyl (C=O) groups is 1. The third-order valence-electron chi connectivity index (χ3n) is 4.18. The lowest BCUT2D eigenvalue weighted by Crippen LogP contribution is -2.12.